The van der Waals surface area contributed by atoms with Crippen LogP contribution in [0.15, 0.2) is 66.7 Å². The molecule has 1 unspecified atom stereocenters. The molecule has 12 nitrogen and oxygen atoms in total. The molecule has 0 bridgehead atoms. The molecular formula is C30H41N4O8Y-. The second-order valence-electron chi connectivity index (χ2n) is 8.31. The first-order valence-corrected chi connectivity index (χ1v) is 12.6. The number of carbonyl (C=O) groups is 3. The molecule has 8 N–H and O–H groups in total. The van der Waals surface area contributed by atoms with Crippen molar-refractivity contribution in [2.45, 2.75) is 19.5 Å². The maximum atomic E-state index is 12.0. The molecule has 0 saturated heterocycles. The minimum atomic E-state index is -1.09. The van der Waals surface area contributed by atoms with E-state index in [1.165, 1.54) is 28.1 Å². The predicted octanol–water partition coefficient (Wildman–Crippen LogP) is 3.91. The number of aliphatic carboxylic acids is 2. The third-order valence-electron chi connectivity index (χ3n) is 5.74. The molecule has 0 aliphatic heterocycles. The van der Waals surface area contributed by atoms with Gasteiger partial charge in [0.1, 0.15) is 17.2 Å². The van der Waals surface area contributed by atoms with E-state index in [2.05, 4.69) is 11.5 Å². The standard InChI is InChI=1S/C28H29NO8.2CH5N.H2N.Y/c1-18(30)20-6-4-19(5-7-20)15-29(16-26(31)32)28(24-13-12-23(35-2)14-25(24)36-3)21-8-10-22(11-9-21)37-17-27(33)34;2*1-2;;/h4-14,28H,15-17H2,1-3H3,(H,31,32)(H,33,34);2*2H2,1H3;1H2;/q;;;-1;. The zero-order chi connectivity index (χ0) is 30.9. The van der Waals surface area contributed by atoms with E-state index in [1.54, 1.807) is 72.7 Å². The summed E-state index contributed by atoms with van der Waals surface area (Å²) in [6.07, 6.45) is 0. The summed E-state index contributed by atoms with van der Waals surface area (Å²) in [6.45, 7) is 0.991. The summed E-state index contributed by atoms with van der Waals surface area (Å²) < 4.78 is 16.2. The summed E-state index contributed by atoms with van der Waals surface area (Å²) in [4.78, 5) is 36.3. The van der Waals surface area contributed by atoms with Crippen LogP contribution in [-0.2, 0) is 48.8 Å². The number of carboxylic acid groups (broad SMARTS) is 2. The van der Waals surface area contributed by atoms with Crippen LogP contribution in [-0.4, -0.2) is 74.3 Å². The molecule has 43 heavy (non-hydrogen) atoms. The zero-order valence-electron chi connectivity index (χ0n) is 25.2. The fourth-order valence-electron chi connectivity index (χ4n) is 4.01. The van der Waals surface area contributed by atoms with E-state index in [-0.39, 0.29) is 57.7 Å². The number of carboxylic acids is 2. The molecule has 0 aliphatic rings. The monoisotopic (exact) mass is 674 g/mol. The van der Waals surface area contributed by atoms with Crippen LogP contribution in [0.3, 0.4) is 0 Å². The van der Waals surface area contributed by atoms with E-state index in [0.29, 0.717) is 28.4 Å². The Morgan fingerprint density at radius 1 is 0.814 bits per heavy atom. The zero-order valence-corrected chi connectivity index (χ0v) is 28.0. The van der Waals surface area contributed by atoms with Gasteiger partial charge in [-0.25, -0.2) is 4.79 Å². The Balaban J connectivity index is 0. The normalized spacial score (nSPS) is 10.2. The number of rotatable bonds is 13. The van der Waals surface area contributed by atoms with Crippen LogP contribution >= 0.6 is 0 Å². The number of hydrogen-bond donors (Lipinski definition) is 4. The van der Waals surface area contributed by atoms with Gasteiger partial charge in [-0.05, 0) is 56.4 Å². The Morgan fingerprint density at radius 3 is 1.84 bits per heavy atom. The largest absolute Gasteiger partial charge is 0.693 e. The van der Waals surface area contributed by atoms with Crippen molar-refractivity contribution in [2.24, 2.45) is 11.5 Å². The van der Waals surface area contributed by atoms with Crippen molar-refractivity contribution in [1.82, 2.24) is 4.90 Å². The molecule has 0 saturated carbocycles. The maximum absolute atomic E-state index is 12.0. The second-order valence-corrected chi connectivity index (χ2v) is 8.31. The Hall–Kier alpha value is -3.39. The van der Waals surface area contributed by atoms with Gasteiger partial charge in [-0.1, -0.05) is 36.4 Å². The van der Waals surface area contributed by atoms with Crippen LogP contribution in [0.5, 0.6) is 17.2 Å². The molecule has 0 amide bonds. The molecule has 3 aromatic carbocycles. The van der Waals surface area contributed by atoms with Crippen LogP contribution in [0.4, 0.5) is 0 Å². The third-order valence-corrected chi connectivity index (χ3v) is 5.74. The van der Waals surface area contributed by atoms with E-state index >= 15 is 0 Å². The van der Waals surface area contributed by atoms with Gasteiger partial charge < -0.3 is 42.0 Å². The van der Waals surface area contributed by atoms with Crippen LogP contribution < -0.4 is 25.7 Å². The van der Waals surface area contributed by atoms with Gasteiger partial charge in [0.25, 0.3) is 0 Å². The van der Waals surface area contributed by atoms with Crippen LogP contribution in [0.1, 0.15) is 40.0 Å². The number of carbonyl (C=O) groups excluding carboxylic acids is 1. The first-order valence-electron chi connectivity index (χ1n) is 12.6. The van der Waals surface area contributed by atoms with Gasteiger partial charge >= 0.3 is 11.9 Å². The van der Waals surface area contributed by atoms with Gasteiger partial charge in [-0.15, -0.1) is 0 Å². The van der Waals surface area contributed by atoms with Crippen molar-refractivity contribution in [3.05, 3.63) is 95.1 Å². The summed E-state index contributed by atoms with van der Waals surface area (Å²) in [7, 11) is 6.07. The van der Waals surface area contributed by atoms with Gasteiger partial charge in [0.05, 0.1) is 26.8 Å². The van der Waals surface area contributed by atoms with E-state index in [4.69, 9.17) is 19.3 Å². The summed E-state index contributed by atoms with van der Waals surface area (Å²) >= 11 is 0. The molecular weight excluding hydrogens is 633 g/mol. The van der Waals surface area contributed by atoms with Gasteiger partial charge in [0, 0.05) is 56.4 Å². The SMILES string of the molecule is CN.CN.COc1ccc(C(c2ccc(OCC(=O)O)cc2)N(CC(=O)O)Cc2ccc(C(C)=O)cc2)c(OC)c1.[NH2-].[Y]. The third kappa shape index (κ3) is 13.2. The first-order chi connectivity index (χ1) is 19.7. The number of ketones is 1. The molecule has 0 fully saturated rings. The van der Waals surface area contributed by atoms with Gasteiger partial charge in [-0.2, -0.15) is 0 Å². The molecule has 3 rings (SSSR count). The van der Waals surface area contributed by atoms with Crippen molar-refractivity contribution in [2.75, 3.05) is 41.5 Å². The average Bonchev–Trinajstić information content (AvgIpc) is 2.99. The number of Topliss-reactive ketones (excluding diaryl/α,β-unsaturated/α-hetero) is 1. The predicted molar refractivity (Wildman–Crippen MR) is 161 cm³/mol. The molecule has 0 spiro atoms. The molecule has 1 radical (unpaired) electrons. The van der Waals surface area contributed by atoms with Crippen molar-refractivity contribution in [1.29, 1.82) is 0 Å². The fourth-order valence-corrected chi connectivity index (χ4v) is 4.01. The van der Waals surface area contributed by atoms with Crippen molar-refractivity contribution in [3.63, 3.8) is 0 Å². The van der Waals surface area contributed by atoms with Crippen LogP contribution in [0.25, 0.3) is 6.15 Å². The van der Waals surface area contributed by atoms with E-state index in [9.17, 15) is 19.5 Å². The molecule has 1 atom stereocenters. The Morgan fingerprint density at radius 2 is 1.37 bits per heavy atom. The molecule has 3 aromatic rings. The van der Waals surface area contributed by atoms with Crippen molar-refractivity contribution >= 4 is 17.7 Å². The Kier molecular flexibility index (Phi) is 21.5. The molecule has 13 heteroatoms. The number of ether oxygens (including phenoxy) is 3. The first kappa shape index (κ1) is 41.7. The average molecular weight is 675 g/mol. The van der Waals surface area contributed by atoms with Gasteiger partial charge in [0.2, 0.25) is 0 Å². The summed E-state index contributed by atoms with van der Waals surface area (Å²) in [5, 5.41) is 18.7. The number of benzene rings is 3. The molecule has 0 heterocycles. The quantitative estimate of drug-likeness (QED) is 0.191. The Labute approximate surface area is 277 Å². The number of nitrogens with two attached hydrogens (primary N) is 3. The number of nitrogens with zero attached hydrogens (tertiary/aromatic N) is 1. The minimum absolute atomic E-state index is 0. The summed E-state index contributed by atoms with van der Waals surface area (Å²) in [6, 6.07) is 18.6. The molecule has 0 aliphatic carbocycles. The number of methoxy groups -OCH3 is 2. The van der Waals surface area contributed by atoms with Crippen LogP contribution in [0, 0.1) is 0 Å². The van der Waals surface area contributed by atoms with E-state index in [1.807, 2.05) is 6.07 Å². The smallest absolute Gasteiger partial charge is 0.341 e. The minimum Gasteiger partial charge on any atom is -0.693 e. The van der Waals surface area contributed by atoms with E-state index < -0.39 is 24.6 Å². The topological polar surface area (TPSA) is 208 Å². The number of hydrogen-bond acceptors (Lipinski definition) is 9. The maximum Gasteiger partial charge on any atom is 0.341 e. The van der Waals surface area contributed by atoms with E-state index in [0.717, 1.165) is 11.1 Å². The van der Waals surface area contributed by atoms with Gasteiger partial charge in [0.15, 0.2) is 12.4 Å². The van der Waals surface area contributed by atoms with Crippen molar-refractivity contribution < 1.29 is 71.5 Å². The fraction of sp³-hybridized carbons (Fsp3) is 0.300. The van der Waals surface area contributed by atoms with Crippen LogP contribution in [0.2, 0.25) is 0 Å². The molecule has 0 aromatic heterocycles. The Bertz CT molecular complexity index is 1260. The van der Waals surface area contributed by atoms with Crippen molar-refractivity contribution in [3.8, 4) is 17.2 Å². The summed E-state index contributed by atoms with van der Waals surface area (Å²) in [5.41, 5.74) is 11.8. The second kappa shape index (κ2) is 22.2. The molecule has 233 valence electrons. The summed E-state index contributed by atoms with van der Waals surface area (Å²) in [5.74, 6) is -0.692. The van der Waals surface area contributed by atoms with Gasteiger partial charge in [-0.3, -0.25) is 14.5 Å².